The number of aromatic nitrogens is 3. The summed E-state index contributed by atoms with van der Waals surface area (Å²) in [6.45, 7) is 7.44. The first-order chi connectivity index (χ1) is 11.3. The standard InChI is InChI=1S/C16H20N4O2S2/c1-5-13-6-8-14(9-7-13)10(2)19-24(21,22)15-11(3)17-16-20(15)18-12(4)23-16/h6-10,19H,5H2,1-4H3/t10-/m1/s1. The molecule has 8 heteroatoms. The number of nitrogens with zero attached hydrogens (tertiary/aromatic N) is 3. The predicted molar refractivity (Wildman–Crippen MR) is 94.9 cm³/mol. The van der Waals surface area contributed by atoms with E-state index in [1.165, 1.54) is 21.4 Å². The molecule has 0 radical (unpaired) electrons. The topological polar surface area (TPSA) is 76.4 Å². The van der Waals surface area contributed by atoms with Crippen LogP contribution in [0.4, 0.5) is 0 Å². The Labute approximate surface area is 145 Å². The van der Waals surface area contributed by atoms with Crippen LogP contribution in [0.25, 0.3) is 4.96 Å². The van der Waals surface area contributed by atoms with Gasteiger partial charge < -0.3 is 0 Å². The van der Waals surface area contributed by atoms with Crippen LogP contribution in [0.15, 0.2) is 29.3 Å². The molecule has 0 aliphatic rings. The minimum Gasteiger partial charge on any atom is -0.221 e. The smallest absolute Gasteiger partial charge is 0.221 e. The van der Waals surface area contributed by atoms with Crippen molar-refractivity contribution in [1.29, 1.82) is 0 Å². The largest absolute Gasteiger partial charge is 0.260 e. The summed E-state index contributed by atoms with van der Waals surface area (Å²) in [4.78, 5) is 4.89. The highest BCUT2D eigenvalue weighted by atomic mass is 32.2. The average molecular weight is 364 g/mol. The lowest BCUT2D eigenvalue weighted by Crippen LogP contribution is -2.28. The molecule has 3 aromatic rings. The van der Waals surface area contributed by atoms with Gasteiger partial charge in [-0.05, 0) is 38.3 Å². The van der Waals surface area contributed by atoms with Crippen LogP contribution in [0.5, 0.6) is 0 Å². The van der Waals surface area contributed by atoms with Gasteiger partial charge in [-0.15, -0.1) is 0 Å². The van der Waals surface area contributed by atoms with Crippen LogP contribution < -0.4 is 4.72 Å². The molecule has 3 rings (SSSR count). The van der Waals surface area contributed by atoms with Crippen molar-refractivity contribution in [1.82, 2.24) is 19.3 Å². The van der Waals surface area contributed by atoms with Crippen LogP contribution in [-0.2, 0) is 16.4 Å². The summed E-state index contributed by atoms with van der Waals surface area (Å²) in [6, 6.07) is 7.61. The molecule has 0 unspecified atom stereocenters. The van der Waals surface area contributed by atoms with Crippen LogP contribution in [0.1, 0.15) is 41.7 Å². The predicted octanol–water partition coefficient (Wildman–Crippen LogP) is 3.01. The zero-order chi connectivity index (χ0) is 17.5. The van der Waals surface area contributed by atoms with E-state index in [1.54, 1.807) is 6.92 Å². The lowest BCUT2D eigenvalue weighted by molar-refractivity contribution is 0.558. The molecule has 0 spiro atoms. The van der Waals surface area contributed by atoms with Gasteiger partial charge in [-0.1, -0.05) is 42.5 Å². The van der Waals surface area contributed by atoms with Gasteiger partial charge in [0.25, 0.3) is 10.0 Å². The van der Waals surface area contributed by atoms with Crippen molar-refractivity contribution in [3.8, 4) is 0 Å². The van der Waals surface area contributed by atoms with E-state index in [0.717, 1.165) is 17.0 Å². The summed E-state index contributed by atoms with van der Waals surface area (Å²) in [6.07, 6.45) is 0.955. The van der Waals surface area contributed by atoms with Crippen LogP contribution in [0.2, 0.25) is 0 Å². The van der Waals surface area contributed by atoms with Gasteiger partial charge >= 0.3 is 0 Å². The third-order valence-electron chi connectivity index (χ3n) is 3.90. The van der Waals surface area contributed by atoms with E-state index in [0.29, 0.717) is 10.7 Å². The fraction of sp³-hybridized carbons (Fsp3) is 0.375. The van der Waals surface area contributed by atoms with Crippen molar-refractivity contribution in [3.63, 3.8) is 0 Å². The van der Waals surface area contributed by atoms with Gasteiger partial charge in [-0.25, -0.2) is 18.1 Å². The first kappa shape index (κ1) is 17.1. The van der Waals surface area contributed by atoms with Crippen molar-refractivity contribution < 1.29 is 8.42 Å². The second-order valence-electron chi connectivity index (χ2n) is 5.76. The molecule has 1 N–H and O–H groups in total. The van der Waals surface area contributed by atoms with E-state index in [4.69, 9.17) is 0 Å². The molecular formula is C16H20N4O2S2. The van der Waals surface area contributed by atoms with E-state index in [2.05, 4.69) is 21.7 Å². The molecule has 0 aliphatic carbocycles. The van der Waals surface area contributed by atoms with Gasteiger partial charge in [0.2, 0.25) is 4.96 Å². The third-order valence-corrected chi connectivity index (χ3v) is 6.37. The van der Waals surface area contributed by atoms with E-state index in [-0.39, 0.29) is 11.1 Å². The molecule has 2 aromatic heterocycles. The number of fused-ring (bicyclic) bond motifs is 1. The van der Waals surface area contributed by atoms with Crippen molar-refractivity contribution >= 4 is 26.3 Å². The van der Waals surface area contributed by atoms with Crippen molar-refractivity contribution in [3.05, 3.63) is 46.1 Å². The van der Waals surface area contributed by atoms with Gasteiger partial charge in [0.1, 0.15) is 5.01 Å². The average Bonchev–Trinajstić information content (AvgIpc) is 3.00. The normalized spacial score (nSPS) is 13.5. The van der Waals surface area contributed by atoms with Crippen molar-refractivity contribution in [2.24, 2.45) is 0 Å². The quantitative estimate of drug-likeness (QED) is 0.755. The summed E-state index contributed by atoms with van der Waals surface area (Å²) >= 11 is 1.37. The second-order valence-corrected chi connectivity index (χ2v) is 8.55. The molecule has 6 nitrogen and oxygen atoms in total. The highest BCUT2D eigenvalue weighted by molar-refractivity contribution is 7.89. The first-order valence-electron chi connectivity index (χ1n) is 7.75. The minimum absolute atomic E-state index is 0.110. The number of benzene rings is 1. The van der Waals surface area contributed by atoms with E-state index < -0.39 is 10.0 Å². The zero-order valence-corrected chi connectivity index (χ0v) is 15.7. The summed E-state index contributed by atoms with van der Waals surface area (Å²) in [5.41, 5.74) is 2.60. The number of hydrogen-bond acceptors (Lipinski definition) is 5. The molecule has 1 aromatic carbocycles. The van der Waals surface area contributed by atoms with E-state index in [9.17, 15) is 8.42 Å². The molecule has 128 valence electrons. The van der Waals surface area contributed by atoms with E-state index in [1.807, 2.05) is 38.1 Å². The molecular weight excluding hydrogens is 344 g/mol. The Hall–Kier alpha value is -1.77. The molecule has 0 saturated carbocycles. The maximum Gasteiger partial charge on any atom is 0.260 e. The van der Waals surface area contributed by atoms with Gasteiger partial charge in [0.05, 0.1) is 5.69 Å². The van der Waals surface area contributed by atoms with Crippen LogP contribution in [0, 0.1) is 13.8 Å². The van der Waals surface area contributed by atoms with Gasteiger partial charge in [-0.2, -0.15) is 9.61 Å². The van der Waals surface area contributed by atoms with Crippen LogP contribution in [-0.4, -0.2) is 23.0 Å². The second kappa shape index (κ2) is 6.27. The van der Waals surface area contributed by atoms with Gasteiger partial charge in [0, 0.05) is 6.04 Å². The maximum absolute atomic E-state index is 12.8. The number of sulfonamides is 1. The van der Waals surface area contributed by atoms with Crippen molar-refractivity contribution in [2.45, 2.75) is 45.2 Å². The first-order valence-corrected chi connectivity index (χ1v) is 10.1. The maximum atomic E-state index is 12.8. The summed E-state index contributed by atoms with van der Waals surface area (Å²) < 4.78 is 29.8. The summed E-state index contributed by atoms with van der Waals surface area (Å²) in [7, 11) is -3.73. The van der Waals surface area contributed by atoms with Crippen LogP contribution in [0.3, 0.4) is 0 Å². The minimum atomic E-state index is -3.73. The molecule has 0 bridgehead atoms. The molecule has 1 atom stereocenters. The highest BCUT2D eigenvalue weighted by Crippen LogP contribution is 2.23. The molecule has 0 saturated heterocycles. The van der Waals surface area contributed by atoms with Gasteiger partial charge in [0.15, 0.2) is 5.03 Å². The lowest BCUT2D eigenvalue weighted by Gasteiger charge is -2.15. The highest BCUT2D eigenvalue weighted by Gasteiger charge is 2.27. The lowest BCUT2D eigenvalue weighted by atomic mass is 10.1. The van der Waals surface area contributed by atoms with Crippen molar-refractivity contribution in [2.75, 3.05) is 0 Å². The fourth-order valence-electron chi connectivity index (χ4n) is 2.63. The molecule has 24 heavy (non-hydrogen) atoms. The number of imidazole rings is 1. The molecule has 0 fully saturated rings. The Bertz CT molecular complexity index is 972. The Kier molecular flexibility index (Phi) is 4.46. The Morgan fingerprint density at radius 2 is 1.92 bits per heavy atom. The number of aryl methyl sites for hydroxylation is 3. The number of hydrogen-bond donors (Lipinski definition) is 1. The van der Waals surface area contributed by atoms with E-state index >= 15 is 0 Å². The summed E-state index contributed by atoms with van der Waals surface area (Å²) in [5, 5.41) is 5.14. The van der Waals surface area contributed by atoms with Gasteiger partial charge in [-0.3, -0.25) is 0 Å². The molecule has 2 heterocycles. The fourth-order valence-corrected chi connectivity index (χ4v) is 4.98. The molecule has 0 amide bonds. The third kappa shape index (κ3) is 3.09. The number of rotatable bonds is 5. The number of nitrogens with one attached hydrogen (secondary N) is 1. The Morgan fingerprint density at radius 3 is 2.54 bits per heavy atom. The molecule has 0 aliphatic heterocycles. The van der Waals surface area contributed by atoms with Crippen LogP contribution >= 0.6 is 11.3 Å². The SMILES string of the molecule is CCc1ccc([C@@H](C)NS(=O)(=O)c2c(C)nc3sc(C)nn23)cc1. The summed E-state index contributed by atoms with van der Waals surface area (Å²) in [5.74, 6) is 0. The zero-order valence-electron chi connectivity index (χ0n) is 14.1. The monoisotopic (exact) mass is 364 g/mol. The Balaban J connectivity index is 1.93. The Morgan fingerprint density at radius 1 is 1.25 bits per heavy atom.